The van der Waals surface area contributed by atoms with Gasteiger partial charge in [-0.05, 0) is 19.1 Å². The van der Waals surface area contributed by atoms with Crippen LogP contribution in [0.1, 0.15) is 23.8 Å². The van der Waals surface area contributed by atoms with Crippen LogP contribution in [0.4, 0.5) is 5.69 Å². The van der Waals surface area contributed by atoms with E-state index in [2.05, 4.69) is 10.3 Å². The van der Waals surface area contributed by atoms with Crippen LogP contribution in [0.3, 0.4) is 0 Å². The van der Waals surface area contributed by atoms with Gasteiger partial charge in [0.1, 0.15) is 5.69 Å². The lowest BCUT2D eigenvalue weighted by Gasteiger charge is -2.12. The smallest absolute Gasteiger partial charge is 0.354 e. The highest BCUT2D eigenvalue weighted by atomic mass is 16.4. The van der Waals surface area contributed by atoms with Crippen molar-refractivity contribution >= 4 is 17.6 Å². The minimum atomic E-state index is -1.07. The molecule has 16 heavy (non-hydrogen) atoms. The predicted molar refractivity (Wildman–Crippen MR) is 58.1 cm³/mol. The molecule has 0 radical (unpaired) electrons. The van der Waals surface area contributed by atoms with Gasteiger partial charge in [0, 0.05) is 12.5 Å². The number of aromatic carboxylic acids is 1. The predicted octanol–water partition coefficient (Wildman–Crippen LogP) is 0.456. The Labute approximate surface area is 92.5 Å². The number of aromatic nitrogens is 1. The molecule has 0 saturated heterocycles. The number of carbonyl (C=O) groups is 2. The van der Waals surface area contributed by atoms with Crippen molar-refractivity contribution in [1.82, 2.24) is 4.98 Å². The summed E-state index contributed by atoms with van der Waals surface area (Å²) in [7, 11) is 0. The van der Waals surface area contributed by atoms with Gasteiger partial charge in [-0.25, -0.2) is 9.78 Å². The van der Waals surface area contributed by atoms with Gasteiger partial charge in [0.05, 0.1) is 11.9 Å². The van der Waals surface area contributed by atoms with E-state index in [1.54, 1.807) is 13.0 Å². The Balaban J connectivity index is 2.61. The SMILES string of the molecule is CC(CC(N)=O)Nc1ccc(C(=O)O)nc1. The summed E-state index contributed by atoms with van der Waals surface area (Å²) in [5, 5.41) is 11.6. The fourth-order valence-electron chi connectivity index (χ4n) is 1.24. The standard InChI is InChI=1S/C10H13N3O3/c1-6(4-9(11)14)13-7-2-3-8(10(15)16)12-5-7/h2-3,5-6,13H,4H2,1H3,(H2,11,14)(H,15,16). The topological polar surface area (TPSA) is 105 Å². The Bertz CT molecular complexity index is 389. The lowest BCUT2D eigenvalue weighted by molar-refractivity contribution is -0.118. The summed E-state index contributed by atoms with van der Waals surface area (Å²) in [6.45, 7) is 1.80. The van der Waals surface area contributed by atoms with Crippen molar-refractivity contribution in [3.8, 4) is 0 Å². The van der Waals surface area contributed by atoms with Crippen LogP contribution >= 0.6 is 0 Å². The molecule has 0 spiro atoms. The summed E-state index contributed by atoms with van der Waals surface area (Å²) in [6.07, 6.45) is 1.61. The Morgan fingerprint density at radius 1 is 1.56 bits per heavy atom. The van der Waals surface area contributed by atoms with Crippen LogP contribution in [0, 0.1) is 0 Å². The molecule has 0 saturated carbocycles. The van der Waals surface area contributed by atoms with Crippen LogP contribution in [-0.4, -0.2) is 28.0 Å². The zero-order valence-corrected chi connectivity index (χ0v) is 8.80. The lowest BCUT2D eigenvalue weighted by Crippen LogP contribution is -2.24. The molecule has 6 nitrogen and oxygen atoms in total. The molecule has 1 heterocycles. The molecule has 1 unspecified atom stereocenters. The highest BCUT2D eigenvalue weighted by molar-refractivity contribution is 5.85. The van der Waals surface area contributed by atoms with E-state index in [1.807, 2.05) is 0 Å². The van der Waals surface area contributed by atoms with E-state index in [1.165, 1.54) is 12.3 Å². The molecule has 1 amide bonds. The number of carboxylic acid groups (broad SMARTS) is 1. The fraction of sp³-hybridized carbons (Fsp3) is 0.300. The van der Waals surface area contributed by atoms with Gasteiger partial charge >= 0.3 is 5.97 Å². The van der Waals surface area contributed by atoms with Crippen LogP contribution in [0.5, 0.6) is 0 Å². The molecule has 0 aliphatic carbocycles. The molecule has 0 bridgehead atoms. The number of amides is 1. The van der Waals surface area contributed by atoms with Crippen LogP contribution in [0.25, 0.3) is 0 Å². The maximum Gasteiger partial charge on any atom is 0.354 e. The van der Waals surface area contributed by atoms with Gasteiger partial charge in [-0.1, -0.05) is 0 Å². The summed E-state index contributed by atoms with van der Waals surface area (Å²) < 4.78 is 0. The number of hydrogen-bond acceptors (Lipinski definition) is 4. The van der Waals surface area contributed by atoms with Gasteiger partial charge < -0.3 is 16.2 Å². The third-order valence-electron chi connectivity index (χ3n) is 1.90. The molecule has 1 atom stereocenters. The molecule has 6 heteroatoms. The van der Waals surface area contributed by atoms with Crippen molar-refractivity contribution in [1.29, 1.82) is 0 Å². The minimum absolute atomic E-state index is 0.0203. The van der Waals surface area contributed by atoms with Crippen LogP contribution < -0.4 is 11.1 Å². The van der Waals surface area contributed by atoms with E-state index in [0.29, 0.717) is 5.69 Å². The summed E-state index contributed by atoms with van der Waals surface area (Å²) in [6, 6.07) is 2.87. The van der Waals surface area contributed by atoms with Gasteiger partial charge in [-0.15, -0.1) is 0 Å². The molecule has 0 aliphatic rings. The molecule has 0 aromatic carbocycles. The molecule has 1 aromatic heterocycles. The normalized spacial score (nSPS) is 11.8. The molecule has 1 aromatic rings. The number of pyridine rings is 1. The van der Waals surface area contributed by atoms with E-state index < -0.39 is 11.9 Å². The number of carboxylic acids is 1. The van der Waals surface area contributed by atoms with Crippen molar-refractivity contribution in [2.45, 2.75) is 19.4 Å². The number of nitrogens with zero attached hydrogens (tertiary/aromatic N) is 1. The average Bonchev–Trinajstić information content (AvgIpc) is 2.16. The Morgan fingerprint density at radius 3 is 2.69 bits per heavy atom. The van der Waals surface area contributed by atoms with Gasteiger partial charge in [0.2, 0.25) is 5.91 Å². The zero-order chi connectivity index (χ0) is 12.1. The number of carbonyl (C=O) groups excluding carboxylic acids is 1. The Hall–Kier alpha value is -2.11. The highest BCUT2D eigenvalue weighted by Crippen LogP contribution is 2.08. The first-order chi connectivity index (χ1) is 7.49. The Kier molecular flexibility index (Phi) is 3.82. The second kappa shape index (κ2) is 5.11. The van der Waals surface area contributed by atoms with Gasteiger partial charge in [-0.3, -0.25) is 4.79 Å². The Morgan fingerprint density at radius 2 is 2.25 bits per heavy atom. The second-order valence-electron chi connectivity index (χ2n) is 3.45. The monoisotopic (exact) mass is 223 g/mol. The first kappa shape index (κ1) is 12.0. The van der Waals surface area contributed by atoms with Gasteiger partial charge in [-0.2, -0.15) is 0 Å². The molecular weight excluding hydrogens is 210 g/mol. The number of anilines is 1. The number of primary amides is 1. The van der Waals surface area contributed by atoms with Crippen molar-refractivity contribution in [3.63, 3.8) is 0 Å². The quantitative estimate of drug-likeness (QED) is 0.672. The van der Waals surface area contributed by atoms with Crippen molar-refractivity contribution in [2.24, 2.45) is 5.73 Å². The van der Waals surface area contributed by atoms with E-state index in [4.69, 9.17) is 10.8 Å². The van der Waals surface area contributed by atoms with Crippen LogP contribution in [0.2, 0.25) is 0 Å². The summed E-state index contributed by atoms with van der Waals surface area (Å²) in [4.78, 5) is 24.9. The van der Waals surface area contributed by atoms with Gasteiger partial charge in [0.25, 0.3) is 0 Å². The fourth-order valence-corrected chi connectivity index (χ4v) is 1.24. The van der Waals surface area contributed by atoms with Crippen molar-refractivity contribution in [3.05, 3.63) is 24.0 Å². The summed E-state index contributed by atoms with van der Waals surface area (Å²) >= 11 is 0. The molecular formula is C10H13N3O3. The second-order valence-corrected chi connectivity index (χ2v) is 3.45. The number of rotatable bonds is 5. The number of hydrogen-bond donors (Lipinski definition) is 3. The summed E-state index contributed by atoms with van der Waals surface area (Å²) in [5.41, 5.74) is 5.67. The van der Waals surface area contributed by atoms with Gasteiger partial charge in [0.15, 0.2) is 0 Å². The first-order valence-electron chi connectivity index (χ1n) is 4.73. The largest absolute Gasteiger partial charge is 0.477 e. The molecule has 0 aliphatic heterocycles. The number of nitrogens with two attached hydrogens (primary N) is 1. The lowest BCUT2D eigenvalue weighted by atomic mass is 10.2. The average molecular weight is 223 g/mol. The maximum absolute atomic E-state index is 10.6. The number of nitrogens with one attached hydrogen (secondary N) is 1. The molecule has 4 N–H and O–H groups in total. The minimum Gasteiger partial charge on any atom is -0.477 e. The zero-order valence-electron chi connectivity index (χ0n) is 8.80. The van der Waals surface area contributed by atoms with Crippen molar-refractivity contribution < 1.29 is 14.7 Å². The maximum atomic E-state index is 10.6. The highest BCUT2D eigenvalue weighted by Gasteiger charge is 2.07. The first-order valence-corrected chi connectivity index (χ1v) is 4.73. The molecule has 0 fully saturated rings. The van der Waals surface area contributed by atoms with Crippen molar-refractivity contribution in [2.75, 3.05) is 5.32 Å². The van der Waals surface area contributed by atoms with Crippen LogP contribution in [0.15, 0.2) is 18.3 Å². The molecule has 1 rings (SSSR count). The van der Waals surface area contributed by atoms with Crippen LogP contribution in [-0.2, 0) is 4.79 Å². The van der Waals surface area contributed by atoms with E-state index in [-0.39, 0.29) is 18.2 Å². The van der Waals surface area contributed by atoms with E-state index in [9.17, 15) is 9.59 Å². The third-order valence-corrected chi connectivity index (χ3v) is 1.90. The summed E-state index contributed by atoms with van der Waals surface area (Å²) in [5.74, 6) is -1.47. The van der Waals surface area contributed by atoms with E-state index in [0.717, 1.165) is 0 Å². The third kappa shape index (κ3) is 3.56. The molecule has 86 valence electrons. The van der Waals surface area contributed by atoms with E-state index >= 15 is 0 Å².